The van der Waals surface area contributed by atoms with Crippen LogP contribution in [0, 0.1) is 0 Å². The number of hydrogen-bond donors (Lipinski definition) is 1. The van der Waals surface area contributed by atoms with Crippen LogP contribution >= 0.6 is 12.2 Å². The number of ether oxygens (including phenoxy) is 2. The summed E-state index contributed by atoms with van der Waals surface area (Å²) in [4.78, 5) is 4.34. The van der Waals surface area contributed by atoms with Crippen molar-refractivity contribution in [1.29, 1.82) is 0 Å². The summed E-state index contributed by atoms with van der Waals surface area (Å²) >= 11 is 5.51. The van der Waals surface area contributed by atoms with Gasteiger partial charge in [-0.05, 0) is 56.0 Å². The van der Waals surface area contributed by atoms with E-state index in [1.165, 1.54) is 11.1 Å². The second-order valence-corrected chi connectivity index (χ2v) is 6.07. The van der Waals surface area contributed by atoms with Crippen molar-refractivity contribution in [1.82, 2.24) is 15.1 Å². The third-order valence-corrected chi connectivity index (χ3v) is 4.24. The lowest BCUT2D eigenvalue weighted by molar-refractivity contribution is 0.346. The van der Waals surface area contributed by atoms with Gasteiger partial charge in [0, 0.05) is 26.2 Å². The van der Waals surface area contributed by atoms with Crippen molar-refractivity contribution in [2.24, 2.45) is 0 Å². The minimum atomic E-state index is 0.773. The fourth-order valence-corrected chi connectivity index (χ4v) is 2.81. The SMILES string of the molecule is COc1cc2c(cc1OC)CN(C(=S)NCCN(C)C)CC2. The van der Waals surface area contributed by atoms with Crippen LogP contribution in [-0.2, 0) is 13.0 Å². The van der Waals surface area contributed by atoms with E-state index in [4.69, 9.17) is 21.7 Å². The molecular weight excluding hydrogens is 298 g/mol. The van der Waals surface area contributed by atoms with Gasteiger partial charge in [-0.3, -0.25) is 0 Å². The van der Waals surface area contributed by atoms with E-state index in [1.54, 1.807) is 14.2 Å². The van der Waals surface area contributed by atoms with Crippen LogP contribution in [0.25, 0.3) is 0 Å². The maximum Gasteiger partial charge on any atom is 0.169 e. The van der Waals surface area contributed by atoms with Crippen molar-refractivity contribution in [2.75, 3.05) is 47.9 Å². The van der Waals surface area contributed by atoms with E-state index in [0.717, 1.165) is 49.2 Å². The molecule has 1 aliphatic rings. The minimum absolute atomic E-state index is 0.773. The minimum Gasteiger partial charge on any atom is -0.493 e. The Balaban J connectivity index is 2.03. The van der Waals surface area contributed by atoms with Crippen LogP contribution in [0.3, 0.4) is 0 Å². The lowest BCUT2D eigenvalue weighted by Gasteiger charge is -2.32. The molecule has 0 radical (unpaired) electrons. The van der Waals surface area contributed by atoms with E-state index >= 15 is 0 Å². The van der Waals surface area contributed by atoms with Crippen LogP contribution in [-0.4, -0.2) is 62.9 Å². The Labute approximate surface area is 138 Å². The molecule has 0 saturated heterocycles. The Morgan fingerprint density at radius 3 is 2.45 bits per heavy atom. The van der Waals surface area contributed by atoms with Gasteiger partial charge in [0.2, 0.25) is 0 Å². The molecule has 1 N–H and O–H groups in total. The van der Waals surface area contributed by atoms with Gasteiger partial charge >= 0.3 is 0 Å². The molecule has 0 atom stereocenters. The van der Waals surface area contributed by atoms with Gasteiger partial charge in [-0.1, -0.05) is 0 Å². The molecular formula is C16H25N3O2S. The second-order valence-electron chi connectivity index (χ2n) is 5.68. The van der Waals surface area contributed by atoms with Crippen LogP contribution in [0.5, 0.6) is 11.5 Å². The molecule has 2 rings (SSSR count). The average molecular weight is 323 g/mol. The molecule has 1 heterocycles. The molecule has 6 heteroatoms. The number of likely N-dealkylation sites (N-methyl/N-ethyl adjacent to an activating group) is 1. The number of rotatable bonds is 5. The molecule has 1 aromatic carbocycles. The van der Waals surface area contributed by atoms with Crippen molar-refractivity contribution in [3.63, 3.8) is 0 Å². The highest BCUT2D eigenvalue weighted by Gasteiger charge is 2.20. The molecule has 0 aliphatic carbocycles. The summed E-state index contributed by atoms with van der Waals surface area (Å²) in [6.07, 6.45) is 0.963. The first kappa shape index (κ1) is 16.8. The maximum absolute atomic E-state index is 5.51. The third-order valence-electron chi connectivity index (χ3n) is 3.84. The largest absolute Gasteiger partial charge is 0.493 e. The monoisotopic (exact) mass is 323 g/mol. The van der Waals surface area contributed by atoms with Gasteiger partial charge in [0.15, 0.2) is 16.6 Å². The zero-order chi connectivity index (χ0) is 16.1. The van der Waals surface area contributed by atoms with Crippen molar-refractivity contribution in [3.05, 3.63) is 23.3 Å². The highest BCUT2D eigenvalue weighted by atomic mass is 32.1. The summed E-state index contributed by atoms with van der Waals surface area (Å²) in [5.74, 6) is 1.57. The molecule has 0 saturated carbocycles. The molecule has 0 unspecified atom stereocenters. The topological polar surface area (TPSA) is 37.0 Å². The number of hydrogen-bond acceptors (Lipinski definition) is 4. The van der Waals surface area contributed by atoms with Crippen LogP contribution in [0.4, 0.5) is 0 Å². The Kier molecular flexibility index (Phi) is 5.85. The predicted molar refractivity (Wildman–Crippen MR) is 92.8 cm³/mol. The van der Waals surface area contributed by atoms with E-state index in [1.807, 2.05) is 0 Å². The molecule has 0 fully saturated rings. The fourth-order valence-electron chi connectivity index (χ4n) is 2.55. The van der Waals surface area contributed by atoms with Gasteiger partial charge < -0.3 is 24.6 Å². The number of thiocarbonyl (C=S) groups is 1. The quantitative estimate of drug-likeness (QED) is 0.828. The summed E-state index contributed by atoms with van der Waals surface area (Å²) in [7, 11) is 7.45. The normalized spacial score (nSPS) is 13.8. The first-order valence-corrected chi connectivity index (χ1v) is 7.87. The van der Waals surface area contributed by atoms with Crippen LogP contribution < -0.4 is 14.8 Å². The molecule has 1 aliphatic heterocycles. The lowest BCUT2D eigenvalue weighted by atomic mass is 9.99. The fraction of sp³-hybridized carbons (Fsp3) is 0.562. The van der Waals surface area contributed by atoms with E-state index in [2.05, 4.69) is 41.3 Å². The highest BCUT2D eigenvalue weighted by Crippen LogP contribution is 2.33. The molecule has 0 amide bonds. The van der Waals surface area contributed by atoms with Crippen molar-refractivity contribution in [2.45, 2.75) is 13.0 Å². The summed E-state index contributed by atoms with van der Waals surface area (Å²) in [5.41, 5.74) is 2.56. The molecule has 122 valence electrons. The molecule has 1 aromatic rings. The summed E-state index contributed by atoms with van der Waals surface area (Å²) in [6, 6.07) is 4.14. The van der Waals surface area contributed by atoms with Crippen molar-refractivity contribution >= 4 is 17.3 Å². The second kappa shape index (κ2) is 7.65. The molecule has 22 heavy (non-hydrogen) atoms. The number of fused-ring (bicyclic) bond motifs is 1. The standard InChI is InChI=1S/C16H25N3O2S/c1-18(2)8-6-17-16(22)19-7-5-12-9-14(20-3)15(21-4)10-13(12)11-19/h9-10H,5-8,11H2,1-4H3,(H,17,22). The molecule has 0 spiro atoms. The number of nitrogens with one attached hydrogen (secondary N) is 1. The van der Waals surface area contributed by atoms with E-state index in [-0.39, 0.29) is 0 Å². The van der Waals surface area contributed by atoms with Crippen LogP contribution in [0.15, 0.2) is 12.1 Å². The predicted octanol–water partition coefficient (Wildman–Crippen LogP) is 1.50. The van der Waals surface area contributed by atoms with Crippen LogP contribution in [0.1, 0.15) is 11.1 Å². The summed E-state index contributed by atoms with van der Waals surface area (Å²) < 4.78 is 10.8. The van der Waals surface area contributed by atoms with E-state index in [9.17, 15) is 0 Å². The van der Waals surface area contributed by atoms with Gasteiger partial charge in [-0.15, -0.1) is 0 Å². The first-order chi connectivity index (χ1) is 10.5. The van der Waals surface area contributed by atoms with Crippen molar-refractivity contribution < 1.29 is 9.47 Å². The number of nitrogens with zero attached hydrogens (tertiary/aromatic N) is 2. The van der Waals surface area contributed by atoms with Gasteiger partial charge in [-0.25, -0.2) is 0 Å². The molecule has 5 nitrogen and oxygen atoms in total. The van der Waals surface area contributed by atoms with Gasteiger partial charge in [0.1, 0.15) is 0 Å². The molecule has 0 bridgehead atoms. The Bertz CT molecular complexity index is 534. The average Bonchev–Trinajstić information content (AvgIpc) is 2.52. The van der Waals surface area contributed by atoms with Gasteiger partial charge in [0.05, 0.1) is 14.2 Å². The number of benzene rings is 1. The van der Waals surface area contributed by atoms with Crippen molar-refractivity contribution in [3.8, 4) is 11.5 Å². The van der Waals surface area contributed by atoms with Crippen LogP contribution in [0.2, 0.25) is 0 Å². The Hall–Kier alpha value is -1.53. The summed E-state index contributed by atoms with van der Waals surface area (Å²) in [6.45, 7) is 3.57. The van der Waals surface area contributed by atoms with E-state index in [0.29, 0.717) is 0 Å². The zero-order valence-electron chi connectivity index (χ0n) is 13.8. The maximum atomic E-state index is 5.51. The van der Waals surface area contributed by atoms with Gasteiger partial charge in [0.25, 0.3) is 0 Å². The molecule has 0 aromatic heterocycles. The Morgan fingerprint density at radius 1 is 1.23 bits per heavy atom. The smallest absolute Gasteiger partial charge is 0.169 e. The zero-order valence-corrected chi connectivity index (χ0v) is 14.6. The first-order valence-electron chi connectivity index (χ1n) is 7.46. The highest BCUT2D eigenvalue weighted by molar-refractivity contribution is 7.80. The lowest BCUT2D eigenvalue weighted by Crippen LogP contribution is -2.44. The van der Waals surface area contributed by atoms with Gasteiger partial charge in [-0.2, -0.15) is 0 Å². The number of methoxy groups -OCH3 is 2. The third kappa shape index (κ3) is 4.01. The van der Waals surface area contributed by atoms with E-state index < -0.39 is 0 Å². The summed E-state index contributed by atoms with van der Waals surface area (Å²) in [5, 5.41) is 4.15. The Morgan fingerprint density at radius 2 is 1.86 bits per heavy atom.